The van der Waals surface area contributed by atoms with Crippen LogP contribution in [0.25, 0.3) is 0 Å². The van der Waals surface area contributed by atoms with Crippen molar-refractivity contribution in [2.24, 2.45) is 0 Å². The van der Waals surface area contributed by atoms with Crippen molar-refractivity contribution in [2.45, 2.75) is 38.4 Å². The molecule has 0 heterocycles. The van der Waals surface area contributed by atoms with Gasteiger partial charge in [-0.25, -0.2) is 11.6 Å². The van der Waals surface area contributed by atoms with Gasteiger partial charge in [-0.1, -0.05) is 25.9 Å². The number of hydrogen-bond acceptors (Lipinski definition) is 0. The zero-order valence-electron chi connectivity index (χ0n) is 9.49. The van der Waals surface area contributed by atoms with Crippen molar-refractivity contribution in [3.63, 3.8) is 0 Å². The molecule has 0 aliphatic heterocycles. The molecular weight excluding hydrogens is 338 g/mol. The summed E-state index contributed by atoms with van der Waals surface area (Å²) in [6, 6.07) is 1.22. The minimum atomic E-state index is -1.92. The van der Waals surface area contributed by atoms with Gasteiger partial charge >= 0.3 is 42.6 Å². The number of halogens is 4. The third kappa shape index (κ3) is 13.6. The molecular formula is C10H16Cl4SiTi. The predicted octanol–water partition coefficient (Wildman–Crippen LogP) is 5.97. The zero-order valence-corrected chi connectivity index (χ0v) is 15.1. The molecule has 1 aliphatic carbocycles. The van der Waals surface area contributed by atoms with Crippen LogP contribution in [0.15, 0.2) is 17.7 Å². The number of allylic oxidation sites excluding steroid dienone is 4. The summed E-state index contributed by atoms with van der Waals surface area (Å²) in [5.41, 5.74) is 1.38. The Morgan fingerprint density at radius 2 is 1.94 bits per heavy atom. The van der Waals surface area contributed by atoms with E-state index in [0.29, 0.717) is 0 Å². The van der Waals surface area contributed by atoms with E-state index in [1.165, 1.54) is 24.5 Å². The molecule has 0 aromatic rings. The molecule has 0 radical (unpaired) electrons. The van der Waals surface area contributed by atoms with Crippen LogP contribution < -0.4 is 0 Å². The second-order valence-electron chi connectivity index (χ2n) is 4.10. The van der Waals surface area contributed by atoms with Crippen molar-refractivity contribution < 1.29 is 14.7 Å². The van der Waals surface area contributed by atoms with Gasteiger partial charge in [0.2, 0.25) is 0 Å². The van der Waals surface area contributed by atoms with E-state index < -0.39 is 22.1 Å². The van der Waals surface area contributed by atoms with Crippen LogP contribution in [0.1, 0.15) is 19.3 Å². The van der Waals surface area contributed by atoms with E-state index in [1.807, 2.05) is 0 Å². The van der Waals surface area contributed by atoms with Crippen molar-refractivity contribution in [1.82, 2.24) is 0 Å². The second-order valence-corrected chi connectivity index (χ2v) is 18.8. The van der Waals surface area contributed by atoms with E-state index in [4.69, 9.17) is 39.0 Å². The molecule has 0 aromatic carbocycles. The molecule has 0 aromatic heterocycles. The van der Waals surface area contributed by atoms with Crippen LogP contribution in [0.5, 0.6) is 0 Å². The Balaban J connectivity index is 0.000000487. The van der Waals surface area contributed by atoms with Crippen LogP contribution in [0.3, 0.4) is 0 Å². The van der Waals surface area contributed by atoms with Gasteiger partial charge in [-0.2, -0.15) is 17.2 Å². The Morgan fingerprint density at radius 1 is 1.38 bits per heavy atom. The molecule has 0 nitrogen and oxygen atoms in total. The van der Waals surface area contributed by atoms with E-state index in [9.17, 15) is 0 Å². The molecule has 0 saturated carbocycles. The average Bonchev–Trinajstić information content (AvgIpc) is 2.52. The third-order valence-corrected chi connectivity index (χ3v) is 4.09. The molecule has 0 spiro atoms. The molecule has 16 heavy (non-hydrogen) atoms. The fourth-order valence-electron chi connectivity index (χ4n) is 1.32. The fraction of sp³-hybridized carbons (Fsp3) is 0.600. The van der Waals surface area contributed by atoms with E-state index in [-0.39, 0.29) is 0 Å². The van der Waals surface area contributed by atoms with Crippen molar-refractivity contribution in [3.05, 3.63) is 23.8 Å². The summed E-state index contributed by atoms with van der Waals surface area (Å²) in [6.45, 7) is 4.41. The Labute approximate surface area is 122 Å². The van der Waals surface area contributed by atoms with E-state index >= 15 is 0 Å². The molecule has 6 heteroatoms. The maximum absolute atomic E-state index is 6.21. The summed E-state index contributed by atoms with van der Waals surface area (Å²) >= 11 is 4.29. The van der Waals surface area contributed by atoms with Gasteiger partial charge in [0.05, 0.1) is 0 Å². The molecule has 0 bridgehead atoms. The van der Waals surface area contributed by atoms with Crippen LogP contribution in [-0.2, 0) is 14.7 Å². The normalized spacial score (nSPS) is 14.2. The fourth-order valence-corrected chi connectivity index (χ4v) is 2.74. The van der Waals surface area contributed by atoms with Gasteiger partial charge in [-0.15, -0.1) is 6.42 Å². The van der Waals surface area contributed by atoms with Crippen molar-refractivity contribution in [1.29, 1.82) is 0 Å². The molecule has 1 rings (SSSR count). The van der Waals surface area contributed by atoms with Crippen LogP contribution in [0, 0.1) is 6.08 Å². The summed E-state index contributed by atoms with van der Waals surface area (Å²) in [4.78, 5) is 0. The monoisotopic (exact) mass is 352 g/mol. The molecule has 0 unspecified atom stereocenters. The number of hydrogen-bond donors (Lipinski definition) is 0. The molecule has 0 N–H and O–H groups in total. The Kier molecular flexibility index (Phi) is 10.4. The number of rotatable bonds is 4. The Morgan fingerprint density at radius 3 is 2.31 bits per heavy atom. The Bertz CT molecular complexity index is 243. The summed E-state index contributed by atoms with van der Waals surface area (Å²) in [5, 5.41) is 0. The minimum absolute atomic E-state index is 1.01. The van der Waals surface area contributed by atoms with Gasteiger partial charge in [0.1, 0.15) is 0 Å². The van der Waals surface area contributed by atoms with E-state index in [2.05, 4.69) is 31.3 Å². The van der Waals surface area contributed by atoms with Gasteiger partial charge in [0, 0.05) is 0 Å². The van der Waals surface area contributed by atoms with Crippen molar-refractivity contribution in [3.8, 4) is 0 Å². The van der Waals surface area contributed by atoms with Crippen LogP contribution in [-0.4, -0.2) is 7.38 Å². The maximum atomic E-state index is 6.21. The summed E-state index contributed by atoms with van der Waals surface area (Å²) < 4.78 is 0. The van der Waals surface area contributed by atoms with Gasteiger partial charge in [0.25, 0.3) is 0 Å². The first-order chi connectivity index (χ1) is 7.31. The molecule has 0 atom stereocenters. The van der Waals surface area contributed by atoms with Gasteiger partial charge in [-0.05, 0) is 6.04 Å². The van der Waals surface area contributed by atoms with Gasteiger partial charge in [-0.3, -0.25) is 6.08 Å². The summed E-state index contributed by atoms with van der Waals surface area (Å²) in [7, 11) is 13.6. The first-order valence-electron chi connectivity index (χ1n) is 5.10. The van der Waals surface area contributed by atoms with Crippen LogP contribution >= 0.6 is 39.0 Å². The molecule has 0 saturated heterocycles. The van der Waals surface area contributed by atoms with Crippen LogP contribution in [0.4, 0.5) is 0 Å². The van der Waals surface area contributed by atoms with Gasteiger partial charge in [0.15, 0.2) is 7.38 Å². The van der Waals surface area contributed by atoms with Crippen LogP contribution in [0.2, 0.25) is 19.1 Å². The SMILES string of the molecule is C[Si](C)(Cl)CCCC1=[C-]CC=C1.[Cl][Ti+]([Cl])[Cl]. The van der Waals surface area contributed by atoms with Crippen molar-refractivity contribution in [2.75, 3.05) is 0 Å². The summed E-state index contributed by atoms with van der Waals surface area (Å²) in [5.74, 6) is 0. The molecule has 0 amide bonds. The van der Waals surface area contributed by atoms with Gasteiger partial charge < -0.3 is 0 Å². The van der Waals surface area contributed by atoms with Crippen molar-refractivity contribution >= 4 is 46.4 Å². The molecule has 0 fully saturated rings. The van der Waals surface area contributed by atoms with E-state index in [0.717, 1.165) is 6.42 Å². The Hall–Kier alpha value is 1.57. The topological polar surface area (TPSA) is 0 Å². The first kappa shape index (κ1) is 17.6. The average molecular weight is 354 g/mol. The third-order valence-electron chi connectivity index (χ3n) is 1.98. The predicted molar refractivity (Wildman–Crippen MR) is 75.4 cm³/mol. The molecule has 92 valence electrons. The zero-order chi connectivity index (χ0) is 12.6. The quantitative estimate of drug-likeness (QED) is 0.332. The summed E-state index contributed by atoms with van der Waals surface area (Å²) in [6.07, 6.45) is 11.1. The van der Waals surface area contributed by atoms with E-state index in [1.54, 1.807) is 0 Å². The standard InChI is InChI=1S/C10H16ClSi.3ClH.Ti/c1-12(2,11)9-5-8-10-6-3-4-7-10;;;;/h3,6H,4-5,8-9H2,1-2H3;3*1H;/q-1;;;;+4/p-3. The molecule has 1 aliphatic rings. The first-order valence-corrected chi connectivity index (χ1v) is 15.8. The second kappa shape index (κ2) is 9.49.